The van der Waals surface area contributed by atoms with Crippen molar-refractivity contribution in [3.05, 3.63) is 193 Å². The fraction of sp³-hybridized carbons (Fsp3) is 0.172. The van der Waals surface area contributed by atoms with Crippen LogP contribution in [0.15, 0.2) is 182 Å². The molecule has 2 aromatic heterocycles. The van der Waals surface area contributed by atoms with E-state index in [1.54, 1.807) is 11.1 Å². The molecule has 60 heavy (non-hydrogen) atoms. The van der Waals surface area contributed by atoms with Gasteiger partial charge in [-0.3, -0.25) is 0 Å². The van der Waals surface area contributed by atoms with Gasteiger partial charge in [-0.15, -0.1) is 0 Å². The van der Waals surface area contributed by atoms with Gasteiger partial charge in [0.15, 0.2) is 0 Å². The van der Waals surface area contributed by atoms with E-state index in [9.17, 15) is 0 Å². The summed E-state index contributed by atoms with van der Waals surface area (Å²) in [6, 6.07) is 68.9. The van der Waals surface area contributed by atoms with Crippen molar-refractivity contribution in [2.75, 3.05) is 0 Å². The van der Waals surface area contributed by atoms with E-state index >= 15 is 0 Å². The van der Waals surface area contributed by atoms with Crippen LogP contribution in [0.1, 0.15) is 43.2 Å². The first-order valence-corrected chi connectivity index (χ1v) is 22.2. The largest absolute Gasteiger partial charge is 0.309 e. The second-order valence-electron chi connectivity index (χ2n) is 18.5. The molecule has 4 saturated carbocycles. The van der Waals surface area contributed by atoms with Crippen LogP contribution in [0.4, 0.5) is 0 Å². The third-order valence-corrected chi connectivity index (χ3v) is 15.7. The monoisotopic (exact) mass is 768 g/mol. The van der Waals surface area contributed by atoms with Gasteiger partial charge in [0.05, 0.1) is 22.1 Å². The van der Waals surface area contributed by atoms with E-state index in [0.717, 1.165) is 23.7 Å². The summed E-state index contributed by atoms with van der Waals surface area (Å²) >= 11 is 0. The summed E-state index contributed by atoms with van der Waals surface area (Å²) in [5, 5.41) is 5.15. The number of nitrogens with zero attached hydrogens (tertiary/aromatic N) is 2. The highest BCUT2D eigenvalue weighted by molar-refractivity contribution is 6.15. The Morgan fingerprint density at radius 2 is 0.950 bits per heavy atom. The summed E-state index contributed by atoms with van der Waals surface area (Å²) in [5.41, 5.74) is 18.7. The number of para-hydroxylation sites is 3. The third-order valence-electron chi connectivity index (χ3n) is 15.7. The minimum Gasteiger partial charge on any atom is -0.309 e. The average Bonchev–Trinajstić information content (AvgIpc) is 3.92. The molecule has 5 aliphatic carbocycles. The summed E-state index contributed by atoms with van der Waals surface area (Å²) in [5.74, 6) is 3.30. The lowest BCUT2D eigenvalue weighted by Gasteiger charge is -2.61. The second-order valence-corrected chi connectivity index (χ2v) is 18.5. The molecule has 286 valence electrons. The Kier molecular flexibility index (Phi) is 6.76. The molecule has 8 aromatic carbocycles. The topological polar surface area (TPSA) is 9.86 Å². The van der Waals surface area contributed by atoms with Crippen LogP contribution in [-0.2, 0) is 5.41 Å². The molecule has 2 heterocycles. The van der Waals surface area contributed by atoms with Gasteiger partial charge >= 0.3 is 0 Å². The van der Waals surface area contributed by atoms with Crippen LogP contribution in [0.3, 0.4) is 0 Å². The van der Waals surface area contributed by atoms with Crippen LogP contribution in [0.5, 0.6) is 0 Å². The van der Waals surface area contributed by atoms with Crippen LogP contribution in [0.2, 0.25) is 0 Å². The molecule has 0 aliphatic heterocycles. The van der Waals surface area contributed by atoms with E-state index in [2.05, 4.69) is 191 Å². The van der Waals surface area contributed by atoms with Crippen LogP contribution >= 0.6 is 0 Å². The molecule has 15 rings (SSSR count). The molecule has 5 aliphatic rings. The molecule has 2 nitrogen and oxygen atoms in total. The average molecular weight is 769 g/mol. The standard InChI is InChI=1S/C58H44N2/c1-2-12-38(13-3-1)39-14-10-15-43(33-39)59-54-22-8-6-18-49(54)51-34-40(24-27-56(51)59)45-19-11-20-50-48-17-5-9-23-55(48)60(57(45)50)44-25-26-47-46-16-4-7-21-52(46)58(53(47)35-44)41-29-36-28-37(31-41)32-42(58)30-36/h1-27,33-37,41-42H,28-32H2. The Bertz CT molecular complexity index is 3370. The fourth-order valence-electron chi connectivity index (χ4n) is 13.7. The number of aromatic nitrogens is 2. The zero-order chi connectivity index (χ0) is 39.1. The molecule has 0 saturated heterocycles. The second kappa shape index (κ2) is 12.2. The Labute approximate surface area is 350 Å². The predicted molar refractivity (Wildman–Crippen MR) is 249 cm³/mol. The van der Waals surface area contributed by atoms with Gasteiger partial charge in [-0.25, -0.2) is 0 Å². The molecule has 0 radical (unpaired) electrons. The normalized spacial score (nSPS) is 22.4. The number of hydrogen-bond donors (Lipinski definition) is 0. The van der Waals surface area contributed by atoms with Crippen LogP contribution < -0.4 is 0 Å². The zero-order valence-corrected chi connectivity index (χ0v) is 33.6. The fourth-order valence-corrected chi connectivity index (χ4v) is 13.7. The number of benzene rings is 8. The highest BCUT2D eigenvalue weighted by atomic mass is 15.0. The van der Waals surface area contributed by atoms with Gasteiger partial charge in [0, 0.05) is 43.9 Å². The molecule has 4 bridgehead atoms. The quantitative estimate of drug-likeness (QED) is 0.169. The van der Waals surface area contributed by atoms with Gasteiger partial charge < -0.3 is 9.13 Å². The summed E-state index contributed by atoms with van der Waals surface area (Å²) in [4.78, 5) is 0. The molecule has 0 amide bonds. The van der Waals surface area contributed by atoms with Crippen LogP contribution in [-0.4, -0.2) is 9.13 Å². The van der Waals surface area contributed by atoms with E-state index < -0.39 is 0 Å². The van der Waals surface area contributed by atoms with Crippen molar-refractivity contribution in [1.82, 2.24) is 9.13 Å². The van der Waals surface area contributed by atoms with Crippen molar-refractivity contribution in [1.29, 1.82) is 0 Å². The van der Waals surface area contributed by atoms with Crippen molar-refractivity contribution in [2.24, 2.45) is 23.7 Å². The van der Waals surface area contributed by atoms with Crippen molar-refractivity contribution in [3.63, 3.8) is 0 Å². The number of rotatable bonds is 4. The molecule has 10 aromatic rings. The summed E-state index contributed by atoms with van der Waals surface area (Å²) in [6.07, 6.45) is 7.03. The van der Waals surface area contributed by atoms with E-state index in [0.29, 0.717) is 0 Å². The zero-order valence-electron chi connectivity index (χ0n) is 33.6. The van der Waals surface area contributed by atoms with Gasteiger partial charge in [-0.2, -0.15) is 0 Å². The highest BCUT2D eigenvalue weighted by Gasteiger charge is 2.61. The SMILES string of the molecule is c1ccc(-c2cccc(-n3c4ccccc4c4cc(-c5cccc6c7ccccc7n(-c7ccc8c(c7)C7(c9ccccc9-8)C8CC9CC(C8)CC7C9)c56)ccc43)c2)cc1. The minimum absolute atomic E-state index is 0.122. The van der Waals surface area contributed by atoms with E-state index in [1.807, 2.05) is 0 Å². The summed E-state index contributed by atoms with van der Waals surface area (Å²) in [7, 11) is 0. The Morgan fingerprint density at radius 3 is 1.77 bits per heavy atom. The van der Waals surface area contributed by atoms with Crippen molar-refractivity contribution < 1.29 is 0 Å². The molecule has 4 fully saturated rings. The lowest BCUT2D eigenvalue weighted by molar-refractivity contribution is -0.0399. The first-order valence-electron chi connectivity index (χ1n) is 22.2. The third kappa shape index (κ3) is 4.38. The maximum absolute atomic E-state index is 2.65. The maximum atomic E-state index is 2.65. The van der Waals surface area contributed by atoms with Gasteiger partial charge in [0.1, 0.15) is 0 Å². The van der Waals surface area contributed by atoms with E-state index in [1.165, 1.54) is 120 Å². The number of hydrogen-bond acceptors (Lipinski definition) is 0. The van der Waals surface area contributed by atoms with Crippen LogP contribution in [0.25, 0.3) is 88.4 Å². The smallest absolute Gasteiger partial charge is 0.0619 e. The van der Waals surface area contributed by atoms with E-state index in [4.69, 9.17) is 0 Å². The molecule has 0 atom stereocenters. The number of fused-ring (bicyclic) bond motifs is 9. The molecule has 0 unspecified atom stereocenters. The molecule has 1 spiro atoms. The van der Waals surface area contributed by atoms with Crippen molar-refractivity contribution >= 4 is 43.6 Å². The summed E-state index contributed by atoms with van der Waals surface area (Å²) < 4.78 is 5.05. The van der Waals surface area contributed by atoms with Gasteiger partial charge in [-0.1, -0.05) is 133 Å². The van der Waals surface area contributed by atoms with Gasteiger partial charge in [0.2, 0.25) is 0 Å². The predicted octanol–water partition coefficient (Wildman–Crippen LogP) is 14.9. The van der Waals surface area contributed by atoms with Gasteiger partial charge in [-0.05, 0) is 143 Å². The van der Waals surface area contributed by atoms with Crippen molar-refractivity contribution in [2.45, 2.75) is 37.5 Å². The molecule has 0 N–H and O–H groups in total. The van der Waals surface area contributed by atoms with Crippen molar-refractivity contribution in [3.8, 4) is 44.8 Å². The lowest BCUT2D eigenvalue weighted by atomic mass is 9.43. The first kappa shape index (κ1) is 33.2. The summed E-state index contributed by atoms with van der Waals surface area (Å²) in [6.45, 7) is 0. The first-order chi connectivity index (χ1) is 29.7. The maximum Gasteiger partial charge on any atom is 0.0619 e. The highest BCUT2D eigenvalue weighted by Crippen LogP contribution is 2.69. The molecule has 2 heteroatoms. The Hall–Kier alpha value is -6.64. The molecular formula is C58H44N2. The van der Waals surface area contributed by atoms with Crippen LogP contribution in [0, 0.1) is 23.7 Å². The van der Waals surface area contributed by atoms with Gasteiger partial charge in [0.25, 0.3) is 0 Å². The Balaban J connectivity index is 0.982. The minimum atomic E-state index is 0.122. The van der Waals surface area contributed by atoms with E-state index in [-0.39, 0.29) is 5.41 Å². The molecular weight excluding hydrogens is 725 g/mol. The lowest BCUT2D eigenvalue weighted by Crippen LogP contribution is -2.55. The Morgan fingerprint density at radius 1 is 0.350 bits per heavy atom.